The molecule has 152 valence electrons. The van der Waals surface area contributed by atoms with Crippen LogP contribution in [0.1, 0.15) is 17.4 Å². The molecule has 1 N–H and O–H groups in total. The third-order valence-corrected chi connectivity index (χ3v) is 6.19. The second-order valence-corrected chi connectivity index (χ2v) is 8.13. The molecule has 5 rings (SSSR count). The van der Waals surface area contributed by atoms with E-state index < -0.39 is 0 Å². The average Bonchev–Trinajstić information content (AvgIpc) is 3.41. The number of hydrogen-bond donors (Lipinski definition) is 1. The number of rotatable bonds is 4. The van der Waals surface area contributed by atoms with Gasteiger partial charge in [-0.05, 0) is 36.4 Å². The van der Waals surface area contributed by atoms with Crippen molar-refractivity contribution < 1.29 is 23.5 Å². The Morgan fingerprint density at radius 2 is 1.97 bits per heavy atom. The molecule has 2 aromatic carbocycles. The molecule has 2 aliphatic heterocycles. The number of nitrogens with one attached hydrogen (secondary N) is 1. The lowest BCUT2D eigenvalue weighted by atomic mass is 10.2. The summed E-state index contributed by atoms with van der Waals surface area (Å²) in [7, 11) is 0. The molecule has 30 heavy (non-hydrogen) atoms. The molecule has 2 amide bonds. The van der Waals surface area contributed by atoms with Crippen molar-refractivity contribution in [2.75, 3.05) is 23.6 Å². The summed E-state index contributed by atoms with van der Waals surface area (Å²) in [5, 5.41) is 2.69. The topological polar surface area (TPSA) is 81.0 Å². The van der Waals surface area contributed by atoms with E-state index in [-0.39, 0.29) is 36.8 Å². The summed E-state index contributed by atoms with van der Waals surface area (Å²) in [4.78, 5) is 28.3. The largest absolute Gasteiger partial charge is 0.468 e. The maximum absolute atomic E-state index is 13.1. The minimum atomic E-state index is -0.293. The highest BCUT2D eigenvalue weighted by Gasteiger charge is 2.31. The van der Waals surface area contributed by atoms with Crippen LogP contribution in [0, 0.1) is 0 Å². The number of furan rings is 1. The second kappa shape index (κ2) is 7.79. The molecule has 0 spiro atoms. The lowest BCUT2D eigenvalue weighted by Crippen LogP contribution is -2.38. The molecule has 0 fully saturated rings. The minimum Gasteiger partial charge on any atom is -0.468 e. The van der Waals surface area contributed by atoms with Crippen molar-refractivity contribution in [3.8, 4) is 11.5 Å². The van der Waals surface area contributed by atoms with Gasteiger partial charge in [-0.3, -0.25) is 9.59 Å². The van der Waals surface area contributed by atoms with Gasteiger partial charge in [0.25, 0.3) is 0 Å². The molecule has 0 aliphatic carbocycles. The van der Waals surface area contributed by atoms with Gasteiger partial charge in [-0.1, -0.05) is 12.1 Å². The molecule has 0 saturated heterocycles. The van der Waals surface area contributed by atoms with Gasteiger partial charge < -0.3 is 24.1 Å². The van der Waals surface area contributed by atoms with Crippen LogP contribution in [-0.2, 0) is 9.59 Å². The second-order valence-electron chi connectivity index (χ2n) is 6.89. The first-order valence-electron chi connectivity index (χ1n) is 9.46. The first-order chi connectivity index (χ1) is 14.7. The Labute approximate surface area is 177 Å². The lowest BCUT2D eigenvalue weighted by Gasteiger charge is -2.22. The summed E-state index contributed by atoms with van der Waals surface area (Å²) in [5.41, 5.74) is 1.31. The summed E-state index contributed by atoms with van der Waals surface area (Å²) >= 11 is 1.57. The molecule has 2 aliphatic rings. The summed E-state index contributed by atoms with van der Waals surface area (Å²) in [6.07, 6.45) is 1.85. The predicted molar refractivity (Wildman–Crippen MR) is 112 cm³/mol. The zero-order valence-electron chi connectivity index (χ0n) is 15.9. The maximum atomic E-state index is 13.1. The fraction of sp³-hybridized carbons (Fsp3) is 0.182. The Hall–Kier alpha value is -3.39. The molecule has 7 nitrogen and oxygen atoms in total. The van der Waals surface area contributed by atoms with Gasteiger partial charge in [0.05, 0.1) is 17.2 Å². The Balaban J connectivity index is 1.36. The number of benzene rings is 2. The molecule has 0 saturated carbocycles. The van der Waals surface area contributed by atoms with E-state index in [1.165, 1.54) is 4.90 Å². The summed E-state index contributed by atoms with van der Waals surface area (Å²) in [6.45, 7) is 0.0794. The van der Waals surface area contributed by atoms with Gasteiger partial charge in [-0.15, -0.1) is 11.8 Å². The van der Waals surface area contributed by atoms with Gasteiger partial charge in [0.1, 0.15) is 12.3 Å². The zero-order chi connectivity index (χ0) is 20.5. The summed E-state index contributed by atoms with van der Waals surface area (Å²) in [5.74, 6) is 1.55. The fourth-order valence-corrected chi connectivity index (χ4v) is 4.74. The number of hydrogen-bond acceptors (Lipinski definition) is 6. The number of ether oxygens (including phenoxy) is 2. The Bertz CT molecular complexity index is 1100. The highest BCUT2D eigenvalue weighted by Crippen LogP contribution is 2.45. The maximum Gasteiger partial charge on any atom is 0.244 e. The van der Waals surface area contributed by atoms with Crippen molar-refractivity contribution in [1.82, 2.24) is 0 Å². The van der Waals surface area contributed by atoms with Crippen molar-refractivity contribution in [2.45, 2.75) is 16.6 Å². The summed E-state index contributed by atoms with van der Waals surface area (Å²) in [6, 6.07) is 16.5. The van der Waals surface area contributed by atoms with Gasteiger partial charge in [-0.2, -0.15) is 0 Å². The Kier molecular flexibility index (Phi) is 4.84. The number of carbonyl (C=O) groups excluding carboxylic acids is 2. The van der Waals surface area contributed by atoms with E-state index in [0.717, 1.165) is 16.3 Å². The van der Waals surface area contributed by atoms with Crippen LogP contribution < -0.4 is 19.7 Å². The number of amides is 2. The van der Waals surface area contributed by atoms with Gasteiger partial charge in [0, 0.05) is 23.1 Å². The summed E-state index contributed by atoms with van der Waals surface area (Å²) < 4.78 is 16.2. The molecule has 0 unspecified atom stereocenters. The molecule has 0 radical (unpaired) electrons. The van der Waals surface area contributed by atoms with E-state index >= 15 is 0 Å². The Morgan fingerprint density at radius 1 is 1.10 bits per heavy atom. The molecule has 1 atom stereocenters. The van der Waals surface area contributed by atoms with Crippen LogP contribution in [0.25, 0.3) is 0 Å². The van der Waals surface area contributed by atoms with Crippen LogP contribution in [0.5, 0.6) is 11.5 Å². The molecule has 3 aromatic rings. The van der Waals surface area contributed by atoms with Crippen LogP contribution in [0.15, 0.2) is 70.2 Å². The minimum absolute atomic E-state index is 0.0876. The molecule has 3 heterocycles. The monoisotopic (exact) mass is 422 g/mol. The first-order valence-corrected chi connectivity index (χ1v) is 10.3. The molecule has 8 heteroatoms. The van der Waals surface area contributed by atoms with E-state index in [2.05, 4.69) is 5.32 Å². The standard InChI is InChI=1S/C22H18N2O5S/c25-21(23-14-7-8-16-18(10-14)29-13-28-16)12-24-15-4-1-2-6-19(15)30-20(11-22(24)26)17-5-3-9-27-17/h1-10,20H,11-13H2,(H,23,25)/t20-/m1/s1. The van der Waals surface area contributed by atoms with Gasteiger partial charge >= 0.3 is 0 Å². The first kappa shape index (κ1) is 18.6. The van der Waals surface area contributed by atoms with E-state index in [1.54, 1.807) is 36.2 Å². The number of carbonyl (C=O) groups is 2. The number of para-hydroxylation sites is 1. The lowest BCUT2D eigenvalue weighted by molar-refractivity contribution is -0.121. The number of fused-ring (bicyclic) bond motifs is 2. The van der Waals surface area contributed by atoms with Gasteiger partial charge in [0.2, 0.25) is 18.6 Å². The van der Waals surface area contributed by atoms with Crippen molar-refractivity contribution in [2.24, 2.45) is 0 Å². The smallest absolute Gasteiger partial charge is 0.244 e. The van der Waals surface area contributed by atoms with Crippen LogP contribution in [0.4, 0.5) is 11.4 Å². The van der Waals surface area contributed by atoms with Crippen LogP contribution in [-0.4, -0.2) is 25.2 Å². The van der Waals surface area contributed by atoms with E-state index in [0.29, 0.717) is 17.2 Å². The molecular formula is C22H18N2O5S. The normalized spacial score (nSPS) is 17.4. The van der Waals surface area contributed by atoms with Crippen molar-refractivity contribution in [3.05, 3.63) is 66.6 Å². The van der Waals surface area contributed by atoms with E-state index in [9.17, 15) is 9.59 Å². The quantitative estimate of drug-likeness (QED) is 0.678. The van der Waals surface area contributed by atoms with E-state index in [4.69, 9.17) is 13.9 Å². The van der Waals surface area contributed by atoms with Crippen molar-refractivity contribution in [3.63, 3.8) is 0 Å². The number of anilines is 2. The van der Waals surface area contributed by atoms with Crippen LogP contribution in [0.2, 0.25) is 0 Å². The van der Waals surface area contributed by atoms with Crippen LogP contribution >= 0.6 is 11.8 Å². The predicted octanol–water partition coefficient (Wildman–Crippen LogP) is 4.22. The van der Waals surface area contributed by atoms with Crippen molar-refractivity contribution in [1.29, 1.82) is 0 Å². The third-order valence-electron chi connectivity index (χ3n) is 4.90. The molecule has 1 aromatic heterocycles. The zero-order valence-corrected chi connectivity index (χ0v) is 16.7. The molecular weight excluding hydrogens is 404 g/mol. The van der Waals surface area contributed by atoms with Gasteiger partial charge in [-0.25, -0.2) is 0 Å². The van der Waals surface area contributed by atoms with E-state index in [1.807, 2.05) is 36.4 Å². The highest BCUT2D eigenvalue weighted by atomic mass is 32.2. The average molecular weight is 422 g/mol. The number of nitrogens with zero attached hydrogens (tertiary/aromatic N) is 1. The Morgan fingerprint density at radius 3 is 2.83 bits per heavy atom. The molecule has 0 bridgehead atoms. The fourth-order valence-electron chi connectivity index (χ4n) is 3.50. The van der Waals surface area contributed by atoms with Crippen LogP contribution in [0.3, 0.4) is 0 Å². The third kappa shape index (κ3) is 3.61. The van der Waals surface area contributed by atoms with Gasteiger partial charge in [0.15, 0.2) is 11.5 Å². The SMILES string of the molecule is O=C(CN1C(=O)C[C@H](c2ccco2)Sc2ccccc21)Nc1ccc2c(c1)OCO2. The highest BCUT2D eigenvalue weighted by molar-refractivity contribution is 7.99. The van der Waals surface area contributed by atoms with Crippen molar-refractivity contribution >= 4 is 35.0 Å². The number of thioether (sulfide) groups is 1.